The van der Waals surface area contributed by atoms with E-state index in [1.54, 1.807) is 0 Å². The van der Waals surface area contributed by atoms with Crippen molar-refractivity contribution in [1.29, 1.82) is 0 Å². The van der Waals surface area contributed by atoms with Crippen molar-refractivity contribution in [3.05, 3.63) is 0 Å². The summed E-state index contributed by atoms with van der Waals surface area (Å²) >= 11 is -1.31. The summed E-state index contributed by atoms with van der Waals surface area (Å²) < 4.78 is 9.48. The molecule has 13 heavy (non-hydrogen) atoms. The van der Waals surface area contributed by atoms with Crippen molar-refractivity contribution in [2.24, 2.45) is 0 Å². The summed E-state index contributed by atoms with van der Waals surface area (Å²) in [5.41, 5.74) is 0. The fraction of sp³-hybridized carbons (Fsp3) is 0.750. The monoisotopic (exact) mass is 248 g/mol. The molecular weight excluding hydrogens is 233 g/mol. The van der Waals surface area contributed by atoms with E-state index in [0.29, 0.717) is 12.8 Å². The minimum atomic E-state index is -1.31. The summed E-state index contributed by atoms with van der Waals surface area (Å²) in [6.07, 6.45) is 2.31. The first-order chi connectivity index (χ1) is 6.20. The van der Waals surface area contributed by atoms with Crippen molar-refractivity contribution in [2.75, 3.05) is 0 Å². The zero-order chi connectivity index (χ0) is 10.1. The molecule has 0 rings (SSSR count). The summed E-state index contributed by atoms with van der Waals surface area (Å²) in [6, 6.07) is 0. The molecule has 0 aromatic heterocycles. The maximum absolute atomic E-state index is 10.8. The third-order valence-electron chi connectivity index (χ3n) is 1.22. The van der Waals surface area contributed by atoms with Crippen LogP contribution < -0.4 is 0 Å². The van der Waals surface area contributed by atoms with E-state index in [0.717, 1.165) is 12.8 Å². The Balaban J connectivity index is 3.33. The molecule has 4 nitrogen and oxygen atoms in total. The molecule has 0 fully saturated rings. The van der Waals surface area contributed by atoms with Crippen LogP contribution in [-0.2, 0) is 17.1 Å². The van der Waals surface area contributed by atoms with Crippen molar-refractivity contribution in [3.8, 4) is 0 Å². The first-order valence-electron chi connectivity index (χ1n) is 4.35. The van der Waals surface area contributed by atoms with Gasteiger partial charge in [-0.05, 0) is 0 Å². The average molecular weight is 247 g/mol. The Labute approximate surface area is 85.1 Å². The molecule has 5 heteroatoms. The minimum absolute atomic E-state index is 0.271. The van der Waals surface area contributed by atoms with Gasteiger partial charge in [0.05, 0.1) is 0 Å². The summed E-state index contributed by atoms with van der Waals surface area (Å²) in [6.45, 7) is 3.79. The van der Waals surface area contributed by atoms with E-state index in [9.17, 15) is 9.59 Å². The number of hydrogen-bond donors (Lipinski definition) is 0. The van der Waals surface area contributed by atoms with Gasteiger partial charge in [-0.2, -0.15) is 0 Å². The number of carbonyl (C=O) groups excluding carboxylic acids is 2. The van der Waals surface area contributed by atoms with Crippen LogP contribution in [0, 0.1) is 0 Å². The summed E-state index contributed by atoms with van der Waals surface area (Å²) in [4.78, 5) is 21.6. The van der Waals surface area contributed by atoms with E-state index < -0.39 is 16.1 Å². The second-order valence-corrected chi connectivity index (χ2v) is 3.74. The standard InChI is InChI=1S/C8H14GeO4/c1-3-5-7(10)12-9-13-8(11)6-4-2/h3-6H2,1-2H3. The Morgan fingerprint density at radius 2 is 1.38 bits per heavy atom. The van der Waals surface area contributed by atoms with Crippen molar-refractivity contribution < 1.29 is 17.1 Å². The molecule has 2 radical (unpaired) electrons. The molecule has 0 aliphatic rings. The molecule has 0 atom stereocenters. The van der Waals surface area contributed by atoms with Crippen LogP contribution in [0.3, 0.4) is 0 Å². The number of rotatable bonds is 6. The van der Waals surface area contributed by atoms with Crippen molar-refractivity contribution in [1.82, 2.24) is 0 Å². The molecule has 0 bridgehead atoms. The Morgan fingerprint density at radius 1 is 1.00 bits per heavy atom. The van der Waals surface area contributed by atoms with Gasteiger partial charge in [0.2, 0.25) is 0 Å². The van der Waals surface area contributed by atoms with Crippen LogP contribution in [0.25, 0.3) is 0 Å². The van der Waals surface area contributed by atoms with E-state index in [2.05, 4.69) is 0 Å². The molecule has 0 amide bonds. The van der Waals surface area contributed by atoms with Gasteiger partial charge in [-0.25, -0.2) is 0 Å². The number of hydrogen-bond acceptors (Lipinski definition) is 4. The predicted octanol–water partition coefficient (Wildman–Crippen LogP) is 1.21. The quantitative estimate of drug-likeness (QED) is 0.661. The van der Waals surface area contributed by atoms with E-state index in [4.69, 9.17) is 7.53 Å². The molecule has 0 saturated heterocycles. The van der Waals surface area contributed by atoms with Crippen LogP contribution in [0.1, 0.15) is 39.5 Å². The van der Waals surface area contributed by atoms with E-state index >= 15 is 0 Å². The summed E-state index contributed by atoms with van der Waals surface area (Å²) in [5, 5.41) is 0. The molecule has 74 valence electrons. The maximum atomic E-state index is 10.8. The molecule has 0 aromatic carbocycles. The average Bonchev–Trinajstić information content (AvgIpc) is 2.05. The Bertz CT molecular complexity index is 152. The molecule has 0 aromatic rings. The Hall–Kier alpha value is -0.517. The van der Waals surface area contributed by atoms with Gasteiger partial charge in [0.1, 0.15) is 0 Å². The molecule has 0 unspecified atom stereocenters. The zero-order valence-corrected chi connectivity index (χ0v) is 10.1. The number of carbonyl (C=O) groups is 2. The van der Waals surface area contributed by atoms with Crippen LogP contribution in [0.5, 0.6) is 0 Å². The third-order valence-corrected chi connectivity index (χ3v) is 2.52. The second-order valence-electron chi connectivity index (χ2n) is 2.53. The molecule has 0 heterocycles. The molecule has 0 saturated carbocycles. The SMILES string of the molecule is CCCC(=O)[O][Ge][O]C(=O)CCC. The summed E-state index contributed by atoms with van der Waals surface area (Å²) in [5.74, 6) is -0.543. The Kier molecular flexibility index (Phi) is 7.78. The summed E-state index contributed by atoms with van der Waals surface area (Å²) in [7, 11) is 0. The zero-order valence-electron chi connectivity index (χ0n) is 7.96. The van der Waals surface area contributed by atoms with Gasteiger partial charge in [-0.1, -0.05) is 0 Å². The van der Waals surface area contributed by atoms with Gasteiger partial charge < -0.3 is 0 Å². The van der Waals surface area contributed by atoms with Crippen LogP contribution in [0.15, 0.2) is 0 Å². The van der Waals surface area contributed by atoms with Gasteiger partial charge in [-0.3, -0.25) is 0 Å². The van der Waals surface area contributed by atoms with Crippen LogP contribution in [-0.4, -0.2) is 28.0 Å². The fourth-order valence-electron chi connectivity index (χ4n) is 0.624. The van der Waals surface area contributed by atoms with Gasteiger partial charge in [0.15, 0.2) is 0 Å². The van der Waals surface area contributed by atoms with Crippen molar-refractivity contribution >= 4 is 28.0 Å². The van der Waals surface area contributed by atoms with E-state index in [1.165, 1.54) is 0 Å². The molecule has 0 N–H and O–H groups in total. The molecular formula is C8H14GeO4. The van der Waals surface area contributed by atoms with Crippen molar-refractivity contribution in [2.45, 2.75) is 39.5 Å². The molecule has 0 aliphatic carbocycles. The van der Waals surface area contributed by atoms with Gasteiger partial charge in [-0.15, -0.1) is 0 Å². The molecule has 0 spiro atoms. The molecule has 0 aliphatic heterocycles. The second kappa shape index (κ2) is 8.10. The van der Waals surface area contributed by atoms with Crippen molar-refractivity contribution in [3.63, 3.8) is 0 Å². The van der Waals surface area contributed by atoms with Crippen LogP contribution in [0.2, 0.25) is 0 Å². The first kappa shape index (κ1) is 12.5. The normalized spacial score (nSPS) is 9.38. The fourth-order valence-corrected chi connectivity index (χ4v) is 1.53. The predicted molar refractivity (Wildman–Crippen MR) is 47.8 cm³/mol. The Morgan fingerprint density at radius 3 is 1.69 bits per heavy atom. The van der Waals surface area contributed by atoms with E-state index in [-0.39, 0.29) is 11.9 Å². The van der Waals surface area contributed by atoms with E-state index in [1.807, 2.05) is 13.8 Å². The van der Waals surface area contributed by atoms with Crippen LogP contribution >= 0.6 is 0 Å². The van der Waals surface area contributed by atoms with Gasteiger partial charge in [0, 0.05) is 0 Å². The van der Waals surface area contributed by atoms with Gasteiger partial charge in [0.25, 0.3) is 0 Å². The van der Waals surface area contributed by atoms with Crippen LogP contribution in [0.4, 0.5) is 0 Å². The first-order valence-corrected chi connectivity index (χ1v) is 6.06. The topological polar surface area (TPSA) is 52.6 Å². The van der Waals surface area contributed by atoms with Gasteiger partial charge >= 0.3 is 84.7 Å². The third kappa shape index (κ3) is 7.83.